The SMILES string of the molecule is C=C(/C=C(\Cc1ccccc1Cl)c1ccc(Cl)cc1)C(CC1(ON)CCCCC1)NC(C)C. The van der Waals surface area contributed by atoms with Gasteiger partial charge in [-0.3, -0.25) is 4.84 Å². The van der Waals surface area contributed by atoms with E-state index in [-0.39, 0.29) is 11.6 Å². The standard InChI is InChI=1S/C28H36Cl2N2O/c1-20(2)32-27(19-28(33-31)15-7-4-8-16-28)21(3)17-24(22-11-13-25(29)14-12-22)18-23-9-5-6-10-26(23)30/h5-6,9-14,17,20,27,32H,3-4,7-8,15-16,18-19,31H2,1-2H3/b24-17+. The number of rotatable bonds is 10. The summed E-state index contributed by atoms with van der Waals surface area (Å²) >= 11 is 12.7. The minimum absolute atomic E-state index is 0.0557. The van der Waals surface area contributed by atoms with Gasteiger partial charge in [-0.25, -0.2) is 5.90 Å². The summed E-state index contributed by atoms with van der Waals surface area (Å²) in [4.78, 5) is 5.62. The summed E-state index contributed by atoms with van der Waals surface area (Å²) in [6, 6.07) is 16.3. The molecule has 0 saturated heterocycles. The van der Waals surface area contributed by atoms with Crippen LogP contribution in [0.1, 0.15) is 63.5 Å². The van der Waals surface area contributed by atoms with Crippen LogP contribution < -0.4 is 11.2 Å². The zero-order chi connectivity index (χ0) is 23.8. The summed E-state index contributed by atoms with van der Waals surface area (Å²) < 4.78 is 0. The van der Waals surface area contributed by atoms with Gasteiger partial charge in [-0.15, -0.1) is 0 Å². The maximum Gasteiger partial charge on any atom is 0.0912 e. The van der Waals surface area contributed by atoms with E-state index in [1.807, 2.05) is 30.3 Å². The van der Waals surface area contributed by atoms with Gasteiger partial charge in [0.05, 0.1) is 5.60 Å². The molecule has 3 N–H and O–H groups in total. The van der Waals surface area contributed by atoms with Gasteiger partial charge < -0.3 is 5.32 Å². The first-order valence-electron chi connectivity index (χ1n) is 11.8. The van der Waals surface area contributed by atoms with Crippen LogP contribution in [0.5, 0.6) is 0 Å². The highest BCUT2D eigenvalue weighted by molar-refractivity contribution is 6.31. The normalized spacial score (nSPS) is 17.2. The van der Waals surface area contributed by atoms with E-state index >= 15 is 0 Å². The zero-order valence-corrected chi connectivity index (χ0v) is 21.3. The van der Waals surface area contributed by atoms with E-state index in [4.69, 9.17) is 33.9 Å². The van der Waals surface area contributed by atoms with E-state index in [2.05, 4.69) is 50.0 Å². The van der Waals surface area contributed by atoms with Crippen molar-refractivity contribution < 1.29 is 4.84 Å². The molecule has 1 atom stereocenters. The quantitative estimate of drug-likeness (QED) is 0.269. The lowest BCUT2D eigenvalue weighted by Gasteiger charge is -2.39. The van der Waals surface area contributed by atoms with Crippen molar-refractivity contribution in [3.05, 3.63) is 87.9 Å². The minimum atomic E-state index is -0.301. The molecule has 2 aromatic rings. The molecule has 1 fully saturated rings. The highest BCUT2D eigenvalue weighted by atomic mass is 35.5. The van der Waals surface area contributed by atoms with Gasteiger partial charge in [0.1, 0.15) is 0 Å². The van der Waals surface area contributed by atoms with E-state index in [1.165, 1.54) is 6.42 Å². The van der Waals surface area contributed by atoms with Gasteiger partial charge in [0.2, 0.25) is 0 Å². The molecule has 1 aliphatic carbocycles. The van der Waals surface area contributed by atoms with Crippen LogP contribution in [0.4, 0.5) is 0 Å². The summed E-state index contributed by atoms with van der Waals surface area (Å²) in [5.74, 6) is 5.84. The predicted molar refractivity (Wildman–Crippen MR) is 141 cm³/mol. The summed E-state index contributed by atoms with van der Waals surface area (Å²) in [6.45, 7) is 8.81. The Labute approximate surface area is 209 Å². The fourth-order valence-electron chi connectivity index (χ4n) is 4.71. The van der Waals surface area contributed by atoms with Crippen molar-refractivity contribution in [3.8, 4) is 0 Å². The molecule has 2 aromatic carbocycles. The van der Waals surface area contributed by atoms with Crippen LogP contribution >= 0.6 is 23.2 Å². The van der Waals surface area contributed by atoms with Crippen LogP contribution in [0.3, 0.4) is 0 Å². The third kappa shape index (κ3) is 7.43. The second kappa shape index (κ2) is 12.2. The molecular weight excluding hydrogens is 451 g/mol. The van der Waals surface area contributed by atoms with Crippen molar-refractivity contribution in [2.45, 2.75) is 76.5 Å². The molecular formula is C28H36Cl2N2O. The molecule has 1 unspecified atom stereocenters. The van der Waals surface area contributed by atoms with Gasteiger partial charge in [0.15, 0.2) is 0 Å². The largest absolute Gasteiger partial charge is 0.308 e. The highest BCUT2D eigenvalue weighted by Crippen LogP contribution is 2.36. The van der Waals surface area contributed by atoms with Crippen molar-refractivity contribution in [2.75, 3.05) is 0 Å². The molecule has 0 spiro atoms. The lowest BCUT2D eigenvalue weighted by molar-refractivity contribution is -0.0821. The maximum absolute atomic E-state index is 6.50. The van der Waals surface area contributed by atoms with Gasteiger partial charge in [-0.2, -0.15) is 0 Å². The van der Waals surface area contributed by atoms with E-state index < -0.39 is 0 Å². The topological polar surface area (TPSA) is 47.3 Å². The molecule has 0 aromatic heterocycles. The number of nitrogens with two attached hydrogens (primary N) is 1. The molecule has 0 aliphatic heterocycles. The number of halogens is 2. The Kier molecular flexibility index (Phi) is 9.60. The molecule has 178 valence electrons. The average Bonchev–Trinajstić information content (AvgIpc) is 2.80. The predicted octanol–water partition coefficient (Wildman–Crippen LogP) is 7.53. The molecule has 0 radical (unpaired) electrons. The fraction of sp³-hybridized carbons (Fsp3) is 0.429. The Morgan fingerprint density at radius 2 is 1.76 bits per heavy atom. The number of benzene rings is 2. The van der Waals surface area contributed by atoms with E-state index in [0.29, 0.717) is 17.5 Å². The van der Waals surface area contributed by atoms with Crippen molar-refractivity contribution in [1.82, 2.24) is 5.32 Å². The number of nitrogens with one attached hydrogen (secondary N) is 1. The first-order valence-corrected chi connectivity index (χ1v) is 12.6. The van der Waals surface area contributed by atoms with Gasteiger partial charge in [0, 0.05) is 22.1 Å². The molecule has 0 bridgehead atoms. The molecule has 1 aliphatic rings. The summed E-state index contributed by atoms with van der Waals surface area (Å²) in [5, 5.41) is 5.18. The Hall–Kier alpha value is -1.62. The Bertz CT molecular complexity index is 947. The third-order valence-corrected chi connectivity index (χ3v) is 7.11. The number of allylic oxidation sites excluding steroid dienone is 1. The average molecular weight is 488 g/mol. The van der Waals surface area contributed by atoms with Gasteiger partial charge >= 0.3 is 0 Å². The maximum atomic E-state index is 6.50. The first kappa shape index (κ1) is 26.0. The van der Waals surface area contributed by atoms with Gasteiger partial charge in [0.25, 0.3) is 0 Å². The van der Waals surface area contributed by atoms with Crippen molar-refractivity contribution in [3.63, 3.8) is 0 Å². The molecule has 3 nitrogen and oxygen atoms in total. The number of hydrogen-bond donors (Lipinski definition) is 2. The molecule has 0 amide bonds. The van der Waals surface area contributed by atoms with Crippen LogP contribution in [0.15, 0.2) is 66.8 Å². The smallest absolute Gasteiger partial charge is 0.0912 e. The molecule has 5 heteroatoms. The zero-order valence-electron chi connectivity index (χ0n) is 19.7. The minimum Gasteiger partial charge on any atom is -0.308 e. The van der Waals surface area contributed by atoms with Crippen molar-refractivity contribution in [1.29, 1.82) is 0 Å². The van der Waals surface area contributed by atoms with Gasteiger partial charge in [-0.1, -0.05) is 99.3 Å². The third-order valence-electron chi connectivity index (χ3n) is 6.49. The Balaban J connectivity index is 1.93. The Morgan fingerprint density at radius 1 is 1.09 bits per heavy atom. The highest BCUT2D eigenvalue weighted by Gasteiger charge is 2.36. The molecule has 0 heterocycles. The number of hydrogen-bond acceptors (Lipinski definition) is 3. The van der Waals surface area contributed by atoms with Crippen LogP contribution in [0.25, 0.3) is 5.57 Å². The first-order chi connectivity index (χ1) is 15.8. The lowest BCUT2D eigenvalue weighted by atomic mass is 9.78. The van der Waals surface area contributed by atoms with Crippen LogP contribution in [-0.2, 0) is 11.3 Å². The van der Waals surface area contributed by atoms with Crippen molar-refractivity contribution >= 4 is 28.8 Å². The summed E-state index contributed by atoms with van der Waals surface area (Å²) in [7, 11) is 0. The lowest BCUT2D eigenvalue weighted by Crippen LogP contribution is -2.46. The summed E-state index contributed by atoms with van der Waals surface area (Å²) in [5.41, 5.74) is 4.04. The monoisotopic (exact) mass is 486 g/mol. The van der Waals surface area contributed by atoms with E-state index in [1.54, 1.807) is 0 Å². The fourth-order valence-corrected chi connectivity index (χ4v) is 5.04. The summed E-state index contributed by atoms with van der Waals surface area (Å²) in [6.07, 6.45) is 9.21. The Morgan fingerprint density at radius 3 is 2.36 bits per heavy atom. The second-order valence-electron chi connectivity index (χ2n) is 9.46. The molecule has 3 rings (SSSR count). The van der Waals surface area contributed by atoms with Crippen LogP contribution in [-0.4, -0.2) is 17.7 Å². The van der Waals surface area contributed by atoms with Gasteiger partial charge in [-0.05, 0) is 66.2 Å². The van der Waals surface area contributed by atoms with Crippen LogP contribution in [0, 0.1) is 0 Å². The molecule has 1 saturated carbocycles. The molecule has 33 heavy (non-hydrogen) atoms. The van der Waals surface area contributed by atoms with E-state index in [9.17, 15) is 0 Å². The van der Waals surface area contributed by atoms with Crippen LogP contribution in [0.2, 0.25) is 10.0 Å². The van der Waals surface area contributed by atoms with E-state index in [0.717, 1.165) is 59.4 Å². The van der Waals surface area contributed by atoms with Crippen molar-refractivity contribution in [2.24, 2.45) is 5.90 Å². The second-order valence-corrected chi connectivity index (χ2v) is 10.3.